The standard InChI is InChI=1S/C16H26N4O/c1-3-10-18-15-12-17-11-14(19-15)16(21)20(4-2)13-8-6-5-7-9-13/h11-13H,3-10H2,1-2H3,(H,18,19). The third kappa shape index (κ3) is 4.16. The molecule has 1 aromatic heterocycles. The van der Waals surface area contributed by atoms with Gasteiger partial charge in [-0.2, -0.15) is 0 Å². The van der Waals surface area contributed by atoms with Crippen molar-refractivity contribution in [3.63, 3.8) is 0 Å². The Labute approximate surface area is 127 Å². The van der Waals surface area contributed by atoms with E-state index in [4.69, 9.17) is 0 Å². The van der Waals surface area contributed by atoms with Gasteiger partial charge in [0.2, 0.25) is 0 Å². The summed E-state index contributed by atoms with van der Waals surface area (Å²) < 4.78 is 0. The van der Waals surface area contributed by atoms with E-state index in [0.717, 1.165) is 32.4 Å². The van der Waals surface area contributed by atoms with Crippen LogP contribution in [0.4, 0.5) is 5.82 Å². The predicted molar refractivity (Wildman–Crippen MR) is 84.4 cm³/mol. The van der Waals surface area contributed by atoms with Gasteiger partial charge in [0.05, 0.1) is 12.4 Å². The van der Waals surface area contributed by atoms with Crippen LogP contribution in [0.1, 0.15) is 62.9 Å². The van der Waals surface area contributed by atoms with Crippen LogP contribution in [0.15, 0.2) is 12.4 Å². The number of nitrogens with one attached hydrogen (secondary N) is 1. The fourth-order valence-corrected chi connectivity index (χ4v) is 2.91. The van der Waals surface area contributed by atoms with Gasteiger partial charge in [-0.1, -0.05) is 26.2 Å². The summed E-state index contributed by atoms with van der Waals surface area (Å²) in [6.45, 7) is 5.71. The molecule has 1 aliphatic rings. The van der Waals surface area contributed by atoms with Crippen LogP contribution in [0, 0.1) is 0 Å². The molecule has 1 fully saturated rings. The van der Waals surface area contributed by atoms with Crippen LogP contribution in [-0.4, -0.2) is 39.9 Å². The topological polar surface area (TPSA) is 58.1 Å². The molecule has 0 bridgehead atoms. The van der Waals surface area contributed by atoms with E-state index in [9.17, 15) is 4.79 Å². The lowest BCUT2D eigenvalue weighted by atomic mass is 9.94. The normalized spacial score (nSPS) is 15.7. The Morgan fingerprint density at radius 1 is 1.29 bits per heavy atom. The number of anilines is 1. The minimum absolute atomic E-state index is 0.0112. The molecule has 1 aliphatic carbocycles. The molecule has 2 rings (SSSR count). The van der Waals surface area contributed by atoms with Crippen molar-refractivity contribution < 1.29 is 4.79 Å². The minimum atomic E-state index is 0.0112. The van der Waals surface area contributed by atoms with E-state index in [0.29, 0.717) is 17.6 Å². The van der Waals surface area contributed by atoms with E-state index >= 15 is 0 Å². The number of hydrogen-bond acceptors (Lipinski definition) is 4. The fourth-order valence-electron chi connectivity index (χ4n) is 2.91. The van der Waals surface area contributed by atoms with Crippen LogP contribution in [0.5, 0.6) is 0 Å². The fraction of sp³-hybridized carbons (Fsp3) is 0.688. The Kier molecular flexibility index (Phi) is 5.96. The van der Waals surface area contributed by atoms with Gasteiger partial charge in [-0.25, -0.2) is 4.98 Å². The molecule has 1 saturated carbocycles. The molecule has 0 saturated heterocycles. The molecule has 5 heteroatoms. The second kappa shape index (κ2) is 7.96. The van der Waals surface area contributed by atoms with E-state index in [1.165, 1.54) is 19.3 Å². The van der Waals surface area contributed by atoms with Gasteiger partial charge >= 0.3 is 0 Å². The maximum atomic E-state index is 12.7. The molecule has 21 heavy (non-hydrogen) atoms. The van der Waals surface area contributed by atoms with Crippen LogP contribution in [-0.2, 0) is 0 Å². The van der Waals surface area contributed by atoms with Crippen molar-refractivity contribution in [3.05, 3.63) is 18.1 Å². The number of hydrogen-bond donors (Lipinski definition) is 1. The van der Waals surface area contributed by atoms with Crippen LogP contribution in [0.3, 0.4) is 0 Å². The molecule has 1 amide bonds. The first kappa shape index (κ1) is 15.7. The lowest BCUT2D eigenvalue weighted by Crippen LogP contribution is -2.41. The largest absolute Gasteiger partial charge is 0.369 e. The van der Waals surface area contributed by atoms with E-state index < -0.39 is 0 Å². The number of amides is 1. The lowest BCUT2D eigenvalue weighted by molar-refractivity contribution is 0.0641. The highest BCUT2D eigenvalue weighted by Crippen LogP contribution is 2.23. The summed E-state index contributed by atoms with van der Waals surface area (Å²) in [4.78, 5) is 23.2. The van der Waals surface area contributed by atoms with Crippen molar-refractivity contribution in [2.24, 2.45) is 0 Å². The number of carbonyl (C=O) groups is 1. The van der Waals surface area contributed by atoms with Gasteiger partial charge in [0, 0.05) is 19.1 Å². The van der Waals surface area contributed by atoms with Gasteiger partial charge < -0.3 is 10.2 Å². The summed E-state index contributed by atoms with van der Waals surface area (Å²) in [6, 6.07) is 0.366. The van der Waals surface area contributed by atoms with Gasteiger partial charge in [-0.3, -0.25) is 9.78 Å². The Morgan fingerprint density at radius 2 is 2.05 bits per heavy atom. The first-order valence-electron chi connectivity index (χ1n) is 8.13. The molecule has 0 atom stereocenters. The highest BCUT2D eigenvalue weighted by atomic mass is 16.2. The summed E-state index contributed by atoms with van der Waals surface area (Å²) in [5, 5.41) is 3.18. The van der Waals surface area contributed by atoms with Crippen molar-refractivity contribution in [1.82, 2.24) is 14.9 Å². The number of nitrogens with zero attached hydrogens (tertiary/aromatic N) is 3. The summed E-state index contributed by atoms with van der Waals surface area (Å²) in [6.07, 6.45) is 10.2. The van der Waals surface area contributed by atoms with Gasteiger partial charge in [-0.15, -0.1) is 0 Å². The molecule has 116 valence electrons. The van der Waals surface area contributed by atoms with E-state index in [-0.39, 0.29) is 5.91 Å². The monoisotopic (exact) mass is 290 g/mol. The van der Waals surface area contributed by atoms with Gasteiger partial charge in [-0.05, 0) is 26.2 Å². The predicted octanol–water partition coefficient (Wildman–Crippen LogP) is 3.09. The molecule has 0 unspecified atom stereocenters. The third-order valence-corrected chi connectivity index (χ3v) is 4.03. The smallest absolute Gasteiger partial charge is 0.274 e. The zero-order chi connectivity index (χ0) is 15.1. The molecule has 1 aromatic rings. The van der Waals surface area contributed by atoms with Crippen molar-refractivity contribution in [3.8, 4) is 0 Å². The average Bonchev–Trinajstić information content (AvgIpc) is 2.55. The SMILES string of the molecule is CCCNc1cncc(C(=O)N(CC)C2CCCCC2)n1. The highest BCUT2D eigenvalue weighted by Gasteiger charge is 2.26. The summed E-state index contributed by atoms with van der Waals surface area (Å²) in [5.41, 5.74) is 0.448. The molecule has 5 nitrogen and oxygen atoms in total. The molecule has 0 spiro atoms. The number of carbonyl (C=O) groups excluding carboxylic acids is 1. The molecule has 1 heterocycles. The van der Waals surface area contributed by atoms with Crippen LogP contribution in [0.25, 0.3) is 0 Å². The average molecular weight is 290 g/mol. The summed E-state index contributed by atoms with van der Waals surface area (Å²) >= 11 is 0. The second-order valence-corrected chi connectivity index (χ2v) is 5.60. The highest BCUT2D eigenvalue weighted by molar-refractivity contribution is 5.92. The Balaban J connectivity index is 2.09. The third-order valence-electron chi connectivity index (χ3n) is 4.03. The molecule has 0 aromatic carbocycles. The van der Waals surface area contributed by atoms with Gasteiger partial charge in [0.25, 0.3) is 5.91 Å². The van der Waals surface area contributed by atoms with Crippen molar-refractivity contribution in [2.75, 3.05) is 18.4 Å². The van der Waals surface area contributed by atoms with Crippen molar-refractivity contribution in [1.29, 1.82) is 0 Å². The van der Waals surface area contributed by atoms with E-state index in [1.54, 1.807) is 12.4 Å². The second-order valence-electron chi connectivity index (χ2n) is 5.60. The van der Waals surface area contributed by atoms with Crippen LogP contribution >= 0.6 is 0 Å². The molecule has 0 aliphatic heterocycles. The number of aromatic nitrogens is 2. The molecule has 0 radical (unpaired) electrons. The van der Waals surface area contributed by atoms with Gasteiger partial charge in [0.15, 0.2) is 0 Å². The summed E-state index contributed by atoms with van der Waals surface area (Å²) in [5.74, 6) is 0.694. The minimum Gasteiger partial charge on any atom is -0.369 e. The van der Waals surface area contributed by atoms with Crippen LogP contribution in [0.2, 0.25) is 0 Å². The quantitative estimate of drug-likeness (QED) is 0.874. The summed E-state index contributed by atoms with van der Waals surface area (Å²) in [7, 11) is 0. The lowest BCUT2D eigenvalue weighted by Gasteiger charge is -2.33. The zero-order valence-corrected chi connectivity index (χ0v) is 13.1. The van der Waals surface area contributed by atoms with Crippen molar-refractivity contribution >= 4 is 11.7 Å². The Morgan fingerprint density at radius 3 is 2.71 bits per heavy atom. The van der Waals surface area contributed by atoms with Gasteiger partial charge in [0.1, 0.15) is 11.5 Å². The molecule has 1 N–H and O–H groups in total. The zero-order valence-electron chi connectivity index (χ0n) is 13.1. The first-order chi connectivity index (χ1) is 10.3. The molecular weight excluding hydrogens is 264 g/mol. The Hall–Kier alpha value is -1.65. The number of rotatable bonds is 6. The maximum absolute atomic E-state index is 12.7. The van der Waals surface area contributed by atoms with E-state index in [2.05, 4.69) is 22.2 Å². The Bertz CT molecular complexity index is 457. The maximum Gasteiger partial charge on any atom is 0.274 e. The van der Waals surface area contributed by atoms with Crippen LogP contribution < -0.4 is 5.32 Å². The van der Waals surface area contributed by atoms with Crippen molar-refractivity contribution in [2.45, 2.75) is 58.4 Å². The first-order valence-corrected chi connectivity index (χ1v) is 8.13. The van der Waals surface area contributed by atoms with E-state index in [1.807, 2.05) is 11.8 Å². The molecular formula is C16H26N4O.